The fraction of sp³-hybridized carbons (Fsp3) is 0.615. The summed E-state index contributed by atoms with van der Waals surface area (Å²) in [5.74, 6) is 0.477. The highest BCUT2D eigenvalue weighted by molar-refractivity contribution is 7.89. The van der Waals surface area contributed by atoms with Crippen LogP contribution < -0.4 is 10.0 Å². The maximum Gasteiger partial charge on any atom is 0.260 e. The maximum atomic E-state index is 12.3. The molecule has 19 heavy (non-hydrogen) atoms. The third-order valence-corrected chi connectivity index (χ3v) is 4.79. The largest absolute Gasteiger partial charge is 0.383 e. The van der Waals surface area contributed by atoms with Gasteiger partial charge in [-0.1, -0.05) is 20.3 Å². The molecule has 1 saturated carbocycles. The van der Waals surface area contributed by atoms with E-state index >= 15 is 0 Å². The molecule has 2 N–H and O–H groups in total. The van der Waals surface area contributed by atoms with Crippen LogP contribution in [0.1, 0.15) is 33.1 Å². The van der Waals surface area contributed by atoms with E-state index in [4.69, 9.17) is 0 Å². The van der Waals surface area contributed by atoms with Gasteiger partial charge in [0, 0.05) is 18.8 Å². The van der Waals surface area contributed by atoms with E-state index in [-0.39, 0.29) is 11.1 Å². The second-order valence-electron chi connectivity index (χ2n) is 4.91. The van der Waals surface area contributed by atoms with Crippen LogP contribution in [0, 0.1) is 5.92 Å². The average Bonchev–Trinajstić information content (AvgIpc) is 3.14. The molecule has 6 heteroatoms. The molecule has 2 rings (SSSR count). The topological polar surface area (TPSA) is 71.1 Å². The Kier molecular flexibility index (Phi) is 4.42. The lowest BCUT2D eigenvalue weighted by atomic mass is 10.3. The first-order valence-corrected chi connectivity index (χ1v) is 8.28. The minimum absolute atomic E-state index is 0.0797. The summed E-state index contributed by atoms with van der Waals surface area (Å²) in [4.78, 5) is 4.02. The van der Waals surface area contributed by atoms with E-state index in [0.29, 0.717) is 11.6 Å². The Morgan fingerprint density at radius 3 is 2.84 bits per heavy atom. The molecule has 5 nitrogen and oxygen atoms in total. The zero-order chi connectivity index (χ0) is 13.9. The van der Waals surface area contributed by atoms with Gasteiger partial charge in [-0.05, 0) is 30.9 Å². The molecule has 1 fully saturated rings. The van der Waals surface area contributed by atoms with Gasteiger partial charge in [-0.2, -0.15) is 0 Å². The van der Waals surface area contributed by atoms with Crippen LogP contribution in [0.3, 0.4) is 0 Å². The van der Waals surface area contributed by atoms with E-state index in [0.717, 1.165) is 25.8 Å². The van der Waals surface area contributed by atoms with Crippen molar-refractivity contribution >= 4 is 15.7 Å². The Balaban J connectivity index is 2.15. The summed E-state index contributed by atoms with van der Waals surface area (Å²) in [6.45, 7) is 4.84. The fourth-order valence-electron chi connectivity index (χ4n) is 2.10. The van der Waals surface area contributed by atoms with Crippen LogP contribution in [0.5, 0.6) is 0 Å². The summed E-state index contributed by atoms with van der Waals surface area (Å²) >= 11 is 0. The van der Waals surface area contributed by atoms with Crippen LogP contribution in [0.2, 0.25) is 0 Å². The Morgan fingerprint density at radius 2 is 2.21 bits per heavy atom. The van der Waals surface area contributed by atoms with Crippen LogP contribution in [0.4, 0.5) is 5.69 Å². The highest BCUT2D eigenvalue weighted by Crippen LogP contribution is 2.34. The smallest absolute Gasteiger partial charge is 0.260 e. The molecular weight excluding hydrogens is 262 g/mol. The van der Waals surface area contributed by atoms with Crippen molar-refractivity contribution in [2.75, 3.05) is 11.9 Å². The molecule has 0 spiro atoms. The fourth-order valence-corrected chi connectivity index (χ4v) is 3.53. The van der Waals surface area contributed by atoms with E-state index in [1.807, 2.05) is 6.92 Å². The molecule has 0 bridgehead atoms. The van der Waals surface area contributed by atoms with Gasteiger partial charge >= 0.3 is 0 Å². The zero-order valence-electron chi connectivity index (χ0n) is 11.4. The number of aromatic nitrogens is 1. The van der Waals surface area contributed by atoms with E-state index in [2.05, 4.69) is 21.9 Å². The standard InChI is InChI=1S/C13H21N3O2S/c1-3-7-14-11-6-5-8-15-13(11)19(17,18)16-12-9-10(12)4-2/h5-6,8,10,12,14,16H,3-4,7,9H2,1-2H3. The molecule has 1 aromatic heterocycles. The second-order valence-corrected chi connectivity index (χ2v) is 6.54. The minimum Gasteiger partial charge on any atom is -0.383 e. The first kappa shape index (κ1) is 14.3. The molecule has 0 amide bonds. The Morgan fingerprint density at radius 1 is 1.42 bits per heavy atom. The molecule has 0 saturated heterocycles. The number of nitrogens with one attached hydrogen (secondary N) is 2. The lowest BCUT2D eigenvalue weighted by Crippen LogP contribution is -2.28. The number of rotatable bonds is 7. The minimum atomic E-state index is -3.52. The van der Waals surface area contributed by atoms with Gasteiger partial charge in [-0.15, -0.1) is 0 Å². The third-order valence-electron chi connectivity index (χ3n) is 3.34. The lowest BCUT2D eigenvalue weighted by Gasteiger charge is -2.11. The summed E-state index contributed by atoms with van der Waals surface area (Å²) in [5, 5.41) is 3.21. The molecule has 2 unspecified atom stereocenters. The van der Waals surface area contributed by atoms with Crippen molar-refractivity contribution < 1.29 is 8.42 Å². The van der Waals surface area contributed by atoms with Gasteiger partial charge in [0.05, 0.1) is 5.69 Å². The van der Waals surface area contributed by atoms with Gasteiger partial charge < -0.3 is 5.32 Å². The van der Waals surface area contributed by atoms with Crippen LogP contribution >= 0.6 is 0 Å². The molecule has 1 aromatic rings. The average molecular weight is 283 g/mol. The molecule has 0 radical (unpaired) electrons. The van der Waals surface area contributed by atoms with E-state index in [1.54, 1.807) is 12.1 Å². The van der Waals surface area contributed by atoms with Gasteiger partial charge in [-0.25, -0.2) is 18.1 Å². The predicted octanol–water partition coefficient (Wildman–Crippen LogP) is 1.98. The highest BCUT2D eigenvalue weighted by Gasteiger charge is 2.39. The van der Waals surface area contributed by atoms with Crippen molar-refractivity contribution in [3.8, 4) is 0 Å². The SMILES string of the molecule is CCCNc1cccnc1S(=O)(=O)NC1CC1CC. The first-order chi connectivity index (χ1) is 9.08. The summed E-state index contributed by atoms with van der Waals surface area (Å²) < 4.78 is 27.4. The molecule has 1 aliphatic carbocycles. The number of hydrogen-bond acceptors (Lipinski definition) is 4. The van der Waals surface area contributed by atoms with Crippen molar-refractivity contribution in [1.29, 1.82) is 0 Å². The van der Waals surface area contributed by atoms with E-state index in [9.17, 15) is 8.42 Å². The second kappa shape index (κ2) is 5.88. The van der Waals surface area contributed by atoms with Gasteiger partial charge in [0.2, 0.25) is 0 Å². The zero-order valence-corrected chi connectivity index (χ0v) is 12.2. The van der Waals surface area contributed by atoms with Gasteiger partial charge in [0.15, 0.2) is 5.03 Å². The molecule has 2 atom stereocenters. The first-order valence-electron chi connectivity index (χ1n) is 6.79. The monoisotopic (exact) mass is 283 g/mol. The Hall–Kier alpha value is -1.14. The number of anilines is 1. The lowest BCUT2D eigenvalue weighted by molar-refractivity contribution is 0.572. The summed E-state index contributed by atoms with van der Waals surface area (Å²) in [6, 6.07) is 3.57. The summed E-state index contributed by atoms with van der Waals surface area (Å²) in [7, 11) is -3.52. The van der Waals surface area contributed by atoms with Crippen molar-refractivity contribution in [3.63, 3.8) is 0 Å². The van der Waals surface area contributed by atoms with Gasteiger partial charge in [0.1, 0.15) is 0 Å². The molecule has 106 valence electrons. The van der Waals surface area contributed by atoms with Crippen molar-refractivity contribution in [1.82, 2.24) is 9.71 Å². The molecule has 1 aliphatic rings. The summed E-state index contributed by atoms with van der Waals surface area (Å²) in [5.41, 5.74) is 0.575. The normalized spacial score (nSPS) is 22.2. The quantitative estimate of drug-likeness (QED) is 0.802. The number of pyridine rings is 1. The Bertz CT molecular complexity index is 530. The van der Waals surface area contributed by atoms with E-state index < -0.39 is 10.0 Å². The van der Waals surface area contributed by atoms with Crippen molar-refractivity contribution in [2.24, 2.45) is 5.92 Å². The van der Waals surface area contributed by atoms with Crippen molar-refractivity contribution in [2.45, 2.75) is 44.2 Å². The summed E-state index contributed by atoms with van der Waals surface area (Å²) in [6.07, 6.45) is 4.38. The predicted molar refractivity (Wildman–Crippen MR) is 75.5 cm³/mol. The molecule has 1 heterocycles. The number of sulfonamides is 1. The van der Waals surface area contributed by atoms with Crippen LogP contribution in [0.25, 0.3) is 0 Å². The molecule has 0 aromatic carbocycles. The van der Waals surface area contributed by atoms with E-state index in [1.165, 1.54) is 6.20 Å². The van der Waals surface area contributed by atoms with Crippen LogP contribution in [-0.2, 0) is 10.0 Å². The molecular formula is C13H21N3O2S. The van der Waals surface area contributed by atoms with Crippen LogP contribution in [0.15, 0.2) is 23.4 Å². The highest BCUT2D eigenvalue weighted by atomic mass is 32.2. The maximum absolute atomic E-state index is 12.3. The number of hydrogen-bond donors (Lipinski definition) is 2. The van der Waals surface area contributed by atoms with Crippen LogP contribution in [-0.4, -0.2) is 26.0 Å². The van der Waals surface area contributed by atoms with Gasteiger partial charge in [-0.3, -0.25) is 0 Å². The Labute approximate surface area is 114 Å². The molecule has 0 aliphatic heterocycles. The number of nitrogens with zero attached hydrogens (tertiary/aromatic N) is 1. The third kappa shape index (κ3) is 3.45. The van der Waals surface area contributed by atoms with Gasteiger partial charge in [0.25, 0.3) is 10.0 Å². The van der Waals surface area contributed by atoms with Crippen molar-refractivity contribution in [3.05, 3.63) is 18.3 Å².